The lowest BCUT2D eigenvalue weighted by Gasteiger charge is -2.47. The molecule has 3 nitrogen and oxygen atoms in total. The Labute approximate surface area is 120 Å². The molecule has 114 valence electrons. The lowest BCUT2D eigenvalue weighted by molar-refractivity contribution is 0.0413. The summed E-state index contributed by atoms with van der Waals surface area (Å²) in [6.45, 7) is 15.8. The summed E-state index contributed by atoms with van der Waals surface area (Å²) < 4.78 is 0. The van der Waals surface area contributed by atoms with Gasteiger partial charge in [0.15, 0.2) is 0 Å². The fourth-order valence-corrected chi connectivity index (χ4v) is 3.48. The molecule has 0 aliphatic heterocycles. The van der Waals surface area contributed by atoms with E-state index in [0.29, 0.717) is 0 Å². The van der Waals surface area contributed by atoms with Crippen molar-refractivity contribution in [1.29, 1.82) is 0 Å². The van der Waals surface area contributed by atoms with E-state index in [4.69, 9.17) is 5.73 Å². The minimum Gasteiger partial charge on any atom is -0.329 e. The van der Waals surface area contributed by atoms with Crippen LogP contribution in [0.1, 0.15) is 53.4 Å². The van der Waals surface area contributed by atoms with Crippen molar-refractivity contribution in [3.05, 3.63) is 0 Å². The van der Waals surface area contributed by atoms with E-state index in [1.807, 2.05) is 0 Å². The SMILES string of the molecule is CCN(CC)CCN(CC)C1(CN)CCC(C)CC1. The van der Waals surface area contributed by atoms with E-state index in [9.17, 15) is 0 Å². The van der Waals surface area contributed by atoms with Gasteiger partial charge in [-0.05, 0) is 51.2 Å². The van der Waals surface area contributed by atoms with Gasteiger partial charge in [-0.2, -0.15) is 0 Å². The normalized spacial score (nSPS) is 28.3. The zero-order chi connectivity index (χ0) is 14.3. The van der Waals surface area contributed by atoms with Gasteiger partial charge >= 0.3 is 0 Å². The Morgan fingerprint density at radius 3 is 2.00 bits per heavy atom. The number of rotatable bonds is 8. The topological polar surface area (TPSA) is 32.5 Å². The first kappa shape index (κ1) is 16.9. The maximum atomic E-state index is 6.18. The summed E-state index contributed by atoms with van der Waals surface area (Å²) in [7, 11) is 0. The summed E-state index contributed by atoms with van der Waals surface area (Å²) >= 11 is 0. The molecular formula is C16H35N3. The minimum atomic E-state index is 0.286. The Hall–Kier alpha value is -0.120. The molecule has 0 aromatic carbocycles. The number of hydrogen-bond donors (Lipinski definition) is 1. The van der Waals surface area contributed by atoms with Crippen LogP contribution in [0.5, 0.6) is 0 Å². The predicted octanol–water partition coefficient (Wildman–Crippen LogP) is 2.56. The fraction of sp³-hybridized carbons (Fsp3) is 1.00. The summed E-state index contributed by atoms with van der Waals surface area (Å²) in [5.74, 6) is 0.890. The molecule has 19 heavy (non-hydrogen) atoms. The van der Waals surface area contributed by atoms with Gasteiger partial charge in [0.2, 0.25) is 0 Å². The molecule has 0 saturated heterocycles. The molecule has 3 heteroatoms. The van der Waals surface area contributed by atoms with Crippen molar-refractivity contribution in [2.45, 2.75) is 58.9 Å². The smallest absolute Gasteiger partial charge is 0.0332 e. The number of nitrogens with zero attached hydrogens (tertiary/aromatic N) is 2. The van der Waals surface area contributed by atoms with Crippen LogP contribution in [0.2, 0.25) is 0 Å². The third kappa shape index (κ3) is 4.44. The van der Waals surface area contributed by atoms with Crippen LogP contribution in [0.25, 0.3) is 0 Å². The second-order valence-corrected chi connectivity index (χ2v) is 6.22. The Morgan fingerprint density at radius 1 is 1.00 bits per heavy atom. The number of likely N-dealkylation sites (N-methyl/N-ethyl adjacent to an activating group) is 2. The molecule has 0 heterocycles. The minimum absolute atomic E-state index is 0.286. The van der Waals surface area contributed by atoms with Gasteiger partial charge in [-0.3, -0.25) is 4.90 Å². The fourth-order valence-electron chi connectivity index (χ4n) is 3.48. The van der Waals surface area contributed by atoms with E-state index < -0.39 is 0 Å². The van der Waals surface area contributed by atoms with Crippen LogP contribution >= 0.6 is 0 Å². The molecule has 0 amide bonds. The second-order valence-electron chi connectivity index (χ2n) is 6.22. The van der Waals surface area contributed by atoms with Crippen molar-refractivity contribution < 1.29 is 0 Å². The van der Waals surface area contributed by atoms with Crippen molar-refractivity contribution in [2.75, 3.05) is 39.3 Å². The maximum absolute atomic E-state index is 6.18. The quantitative estimate of drug-likeness (QED) is 0.735. The van der Waals surface area contributed by atoms with Crippen LogP contribution in [0.3, 0.4) is 0 Å². The average molecular weight is 269 g/mol. The summed E-state index contributed by atoms with van der Waals surface area (Å²) in [4.78, 5) is 5.18. The molecule has 1 rings (SSSR count). The first-order valence-corrected chi connectivity index (χ1v) is 8.29. The number of hydrogen-bond acceptors (Lipinski definition) is 3. The lowest BCUT2D eigenvalue weighted by atomic mass is 9.76. The van der Waals surface area contributed by atoms with Gasteiger partial charge in [-0.1, -0.05) is 27.7 Å². The average Bonchev–Trinajstić information content (AvgIpc) is 2.45. The van der Waals surface area contributed by atoms with Gasteiger partial charge in [0.05, 0.1) is 0 Å². The zero-order valence-electron chi connectivity index (χ0n) is 13.6. The van der Waals surface area contributed by atoms with Crippen LogP contribution in [0.15, 0.2) is 0 Å². The van der Waals surface area contributed by atoms with E-state index in [1.54, 1.807) is 0 Å². The van der Waals surface area contributed by atoms with Crippen molar-refractivity contribution >= 4 is 0 Å². The highest BCUT2D eigenvalue weighted by Gasteiger charge is 2.37. The van der Waals surface area contributed by atoms with Crippen molar-refractivity contribution in [3.8, 4) is 0 Å². The molecule has 1 saturated carbocycles. The molecule has 0 radical (unpaired) electrons. The Balaban J connectivity index is 2.60. The van der Waals surface area contributed by atoms with Crippen LogP contribution in [-0.4, -0.2) is 54.6 Å². The molecule has 0 spiro atoms. The third-order valence-electron chi connectivity index (χ3n) is 5.22. The second kappa shape index (κ2) is 8.23. The van der Waals surface area contributed by atoms with E-state index in [1.165, 1.54) is 38.8 Å². The molecule has 0 bridgehead atoms. The van der Waals surface area contributed by atoms with Crippen LogP contribution in [0.4, 0.5) is 0 Å². The molecule has 0 aromatic rings. The molecule has 0 atom stereocenters. The largest absolute Gasteiger partial charge is 0.329 e. The van der Waals surface area contributed by atoms with Crippen LogP contribution in [0, 0.1) is 5.92 Å². The molecule has 1 aliphatic carbocycles. The van der Waals surface area contributed by atoms with E-state index in [0.717, 1.165) is 32.1 Å². The van der Waals surface area contributed by atoms with Gasteiger partial charge in [0.1, 0.15) is 0 Å². The highest BCUT2D eigenvalue weighted by Crippen LogP contribution is 2.35. The van der Waals surface area contributed by atoms with Crippen LogP contribution < -0.4 is 5.73 Å². The molecule has 1 fully saturated rings. The first-order valence-electron chi connectivity index (χ1n) is 8.29. The van der Waals surface area contributed by atoms with E-state index >= 15 is 0 Å². The van der Waals surface area contributed by atoms with Gasteiger partial charge < -0.3 is 10.6 Å². The van der Waals surface area contributed by atoms with Gasteiger partial charge in [-0.25, -0.2) is 0 Å². The molecule has 1 aliphatic rings. The van der Waals surface area contributed by atoms with E-state index in [-0.39, 0.29) is 5.54 Å². The van der Waals surface area contributed by atoms with Crippen molar-refractivity contribution in [2.24, 2.45) is 11.7 Å². The Kier molecular flexibility index (Phi) is 7.33. The summed E-state index contributed by atoms with van der Waals surface area (Å²) in [5, 5.41) is 0. The Bertz CT molecular complexity index is 230. The zero-order valence-corrected chi connectivity index (χ0v) is 13.6. The summed E-state index contributed by atoms with van der Waals surface area (Å²) in [5.41, 5.74) is 6.46. The summed E-state index contributed by atoms with van der Waals surface area (Å²) in [6, 6.07) is 0. The first-order chi connectivity index (χ1) is 9.11. The van der Waals surface area contributed by atoms with Crippen molar-refractivity contribution in [1.82, 2.24) is 9.80 Å². The number of nitrogens with two attached hydrogens (primary N) is 1. The lowest BCUT2D eigenvalue weighted by Crippen LogP contribution is -2.57. The highest BCUT2D eigenvalue weighted by atomic mass is 15.2. The molecule has 0 unspecified atom stereocenters. The predicted molar refractivity (Wildman–Crippen MR) is 84.5 cm³/mol. The Morgan fingerprint density at radius 2 is 1.58 bits per heavy atom. The monoisotopic (exact) mass is 269 g/mol. The van der Waals surface area contributed by atoms with Crippen molar-refractivity contribution in [3.63, 3.8) is 0 Å². The third-order valence-corrected chi connectivity index (χ3v) is 5.22. The van der Waals surface area contributed by atoms with Gasteiger partial charge in [0.25, 0.3) is 0 Å². The van der Waals surface area contributed by atoms with E-state index in [2.05, 4.69) is 37.5 Å². The van der Waals surface area contributed by atoms with Gasteiger partial charge in [0, 0.05) is 25.2 Å². The summed E-state index contributed by atoms with van der Waals surface area (Å²) in [6.07, 6.45) is 5.27. The standard InChI is InChI=1S/C16H35N3/c1-5-18(6-2)12-13-19(7-3)16(14-17)10-8-15(4)9-11-16/h15H,5-14,17H2,1-4H3. The molecule has 0 aromatic heterocycles. The van der Waals surface area contributed by atoms with Crippen LogP contribution in [-0.2, 0) is 0 Å². The molecular weight excluding hydrogens is 234 g/mol. The maximum Gasteiger partial charge on any atom is 0.0332 e. The van der Waals surface area contributed by atoms with Gasteiger partial charge in [-0.15, -0.1) is 0 Å². The highest BCUT2D eigenvalue weighted by molar-refractivity contribution is 4.95. The molecule has 2 N–H and O–H groups in total.